The number of anilines is 1. The van der Waals surface area contributed by atoms with E-state index in [0.29, 0.717) is 6.04 Å². The average molecular weight is 223 g/mol. The lowest BCUT2D eigenvalue weighted by atomic mass is 10.1. The summed E-state index contributed by atoms with van der Waals surface area (Å²) < 4.78 is 2.35. The van der Waals surface area contributed by atoms with Crippen LogP contribution in [0.15, 0.2) is 48.2 Å². The first-order valence-corrected chi connectivity index (χ1v) is 5.93. The van der Waals surface area contributed by atoms with Crippen molar-refractivity contribution in [2.45, 2.75) is 12.5 Å². The Hall–Kier alpha value is -2.03. The van der Waals surface area contributed by atoms with Crippen LogP contribution in [0.5, 0.6) is 0 Å². The summed E-state index contributed by atoms with van der Waals surface area (Å²) in [5.41, 5.74) is 3.67. The lowest BCUT2D eigenvalue weighted by Crippen LogP contribution is -2.15. The van der Waals surface area contributed by atoms with Crippen molar-refractivity contribution in [3.63, 3.8) is 0 Å². The van der Waals surface area contributed by atoms with Gasteiger partial charge < -0.3 is 9.47 Å². The molecule has 0 spiro atoms. The van der Waals surface area contributed by atoms with Crippen LogP contribution in [0, 0.1) is 0 Å². The number of allylic oxidation sites excluding steroid dienone is 4. The van der Waals surface area contributed by atoms with Gasteiger partial charge in [-0.25, -0.2) is 4.98 Å². The predicted octanol–water partition coefficient (Wildman–Crippen LogP) is 2.87. The number of hydrogen-bond acceptors (Lipinski definition) is 2. The van der Waals surface area contributed by atoms with E-state index in [1.165, 1.54) is 11.2 Å². The smallest absolute Gasteiger partial charge is 0.211 e. The number of rotatable bonds is 0. The molecule has 0 bridgehead atoms. The number of benzene rings is 1. The molecule has 0 fully saturated rings. The van der Waals surface area contributed by atoms with Crippen LogP contribution in [0.1, 0.15) is 12.5 Å². The van der Waals surface area contributed by atoms with Gasteiger partial charge in [-0.1, -0.05) is 24.3 Å². The van der Waals surface area contributed by atoms with Crippen LogP contribution < -0.4 is 4.90 Å². The van der Waals surface area contributed by atoms with Crippen molar-refractivity contribution >= 4 is 17.0 Å². The zero-order valence-corrected chi connectivity index (χ0v) is 9.67. The third-order valence-electron chi connectivity index (χ3n) is 3.68. The van der Waals surface area contributed by atoms with Crippen molar-refractivity contribution in [3.8, 4) is 0 Å². The van der Waals surface area contributed by atoms with E-state index in [2.05, 4.69) is 52.9 Å². The second kappa shape index (κ2) is 3.00. The van der Waals surface area contributed by atoms with Crippen molar-refractivity contribution in [2.24, 2.45) is 0 Å². The van der Waals surface area contributed by atoms with Crippen LogP contribution in [0.2, 0.25) is 0 Å². The average Bonchev–Trinajstić information content (AvgIpc) is 2.88. The highest BCUT2D eigenvalue weighted by Gasteiger charge is 2.33. The zero-order valence-electron chi connectivity index (χ0n) is 9.67. The molecule has 2 aliphatic rings. The molecule has 2 heterocycles. The van der Waals surface area contributed by atoms with Gasteiger partial charge in [-0.3, -0.25) is 0 Å². The fourth-order valence-corrected chi connectivity index (χ4v) is 2.87. The second-order valence-electron chi connectivity index (χ2n) is 4.60. The SMILES string of the molecule is CN1C2=CC=CCC2n2c1nc1ccccc12. The third kappa shape index (κ3) is 1.04. The molecule has 3 nitrogen and oxygen atoms in total. The van der Waals surface area contributed by atoms with E-state index in [4.69, 9.17) is 4.98 Å². The van der Waals surface area contributed by atoms with Gasteiger partial charge in [0.25, 0.3) is 0 Å². The minimum absolute atomic E-state index is 0.424. The summed E-state index contributed by atoms with van der Waals surface area (Å²) >= 11 is 0. The molecular formula is C14H13N3. The normalized spacial score (nSPS) is 21.6. The van der Waals surface area contributed by atoms with E-state index in [1.54, 1.807) is 0 Å². The van der Waals surface area contributed by atoms with Gasteiger partial charge >= 0.3 is 0 Å². The molecule has 17 heavy (non-hydrogen) atoms. The molecule has 3 heteroatoms. The number of imidazole rings is 1. The Bertz CT molecular complexity index is 663. The maximum Gasteiger partial charge on any atom is 0.211 e. The molecule has 1 aliphatic heterocycles. The quantitative estimate of drug-likeness (QED) is 0.684. The molecule has 0 amide bonds. The lowest BCUT2D eigenvalue weighted by Gasteiger charge is -2.18. The predicted molar refractivity (Wildman–Crippen MR) is 69.0 cm³/mol. The van der Waals surface area contributed by atoms with Crippen LogP contribution >= 0.6 is 0 Å². The zero-order chi connectivity index (χ0) is 11.4. The highest BCUT2D eigenvalue weighted by molar-refractivity contribution is 5.81. The van der Waals surface area contributed by atoms with Crippen molar-refractivity contribution in [2.75, 3.05) is 11.9 Å². The first kappa shape index (κ1) is 9.05. The number of likely N-dealkylation sites (N-methyl/N-ethyl adjacent to an activating group) is 1. The maximum absolute atomic E-state index is 4.72. The molecule has 0 saturated heterocycles. The molecule has 1 unspecified atom stereocenters. The Kier molecular flexibility index (Phi) is 1.60. The standard InChI is InChI=1S/C14H13N3/c1-16-12-8-4-5-9-13(12)17-11-7-3-2-6-10(11)15-14(16)17/h2-8,13H,9H2,1H3. The van der Waals surface area contributed by atoms with Gasteiger partial charge in [-0.15, -0.1) is 0 Å². The second-order valence-corrected chi connectivity index (χ2v) is 4.60. The number of fused-ring (bicyclic) bond motifs is 5. The van der Waals surface area contributed by atoms with E-state index in [9.17, 15) is 0 Å². The van der Waals surface area contributed by atoms with Crippen molar-refractivity contribution in [3.05, 3.63) is 48.2 Å². The first-order chi connectivity index (χ1) is 8.36. The van der Waals surface area contributed by atoms with Crippen LogP contribution in [-0.4, -0.2) is 16.6 Å². The van der Waals surface area contributed by atoms with Crippen LogP contribution in [0.25, 0.3) is 11.0 Å². The van der Waals surface area contributed by atoms with Crippen LogP contribution in [-0.2, 0) is 0 Å². The Balaban J connectivity index is 2.05. The number of para-hydroxylation sites is 2. The summed E-state index contributed by atoms with van der Waals surface area (Å²) in [5.74, 6) is 1.06. The van der Waals surface area contributed by atoms with E-state index < -0.39 is 0 Å². The molecule has 2 aromatic rings. The van der Waals surface area contributed by atoms with Gasteiger partial charge in [0.05, 0.1) is 17.1 Å². The monoisotopic (exact) mass is 223 g/mol. The van der Waals surface area contributed by atoms with Crippen LogP contribution in [0.4, 0.5) is 5.95 Å². The Morgan fingerprint density at radius 2 is 2.18 bits per heavy atom. The highest BCUT2D eigenvalue weighted by atomic mass is 15.4. The van der Waals surface area contributed by atoms with Gasteiger partial charge in [0.1, 0.15) is 0 Å². The molecule has 1 aromatic carbocycles. The van der Waals surface area contributed by atoms with E-state index >= 15 is 0 Å². The maximum atomic E-state index is 4.72. The number of nitrogens with zero attached hydrogens (tertiary/aromatic N) is 3. The summed E-state index contributed by atoms with van der Waals surface area (Å²) in [4.78, 5) is 6.92. The molecular weight excluding hydrogens is 210 g/mol. The molecule has 0 radical (unpaired) electrons. The van der Waals surface area contributed by atoms with E-state index in [-0.39, 0.29) is 0 Å². The summed E-state index contributed by atoms with van der Waals surface area (Å²) in [6.07, 6.45) is 7.62. The van der Waals surface area contributed by atoms with Crippen molar-refractivity contribution < 1.29 is 0 Å². The molecule has 84 valence electrons. The van der Waals surface area contributed by atoms with Crippen molar-refractivity contribution in [1.29, 1.82) is 0 Å². The number of hydrogen-bond donors (Lipinski definition) is 0. The van der Waals surface area contributed by atoms with Gasteiger partial charge in [0.15, 0.2) is 0 Å². The summed E-state index contributed by atoms with van der Waals surface area (Å²) in [7, 11) is 2.10. The molecule has 1 aromatic heterocycles. The van der Waals surface area contributed by atoms with E-state index in [0.717, 1.165) is 17.9 Å². The summed E-state index contributed by atoms with van der Waals surface area (Å²) in [6.45, 7) is 0. The molecule has 0 N–H and O–H groups in total. The number of aromatic nitrogens is 2. The lowest BCUT2D eigenvalue weighted by molar-refractivity contribution is 0.635. The Morgan fingerprint density at radius 1 is 1.29 bits per heavy atom. The highest BCUT2D eigenvalue weighted by Crippen LogP contribution is 2.42. The van der Waals surface area contributed by atoms with E-state index in [1.807, 2.05) is 6.07 Å². The largest absolute Gasteiger partial charge is 0.317 e. The van der Waals surface area contributed by atoms with Gasteiger partial charge in [0.2, 0.25) is 5.95 Å². The van der Waals surface area contributed by atoms with Gasteiger partial charge in [-0.2, -0.15) is 0 Å². The Labute approximate surface area is 99.7 Å². The molecule has 1 atom stereocenters. The minimum atomic E-state index is 0.424. The first-order valence-electron chi connectivity index (χ1n) is 5.93. The molecule has 0 saturated carbocycles. The fraction of sp³-hybridized carbons (Fsp3) is 0.214. The van der Waals surface area contributed by atoms with Crippen LogP contribution in [0.3, 0.4) is 0 Å². The topological polar surface area (TPSA) is 21.1 Å². The minimum Gasteiger partial charge on any atom is -0.317 e. The third-order valence-corrected chi connectivity index (χ3v) is 3.68. The summed E-state index contributed by atoms with van der Waals surface area (Å²) in [6, 6.07) is 8.78. The molecule has 1 aliphatic carbocycles. The summed E-state index contributed by atoms with van der Waals surface area (Å²) in [5, 5.41) is 0. The Morgan fingerprint density at radius 3 is 3.12 bits per heavy atom. The molecule has 4 rings (SSSR count). The van der Waals surface area contributed by atoms with Gasteiger partial charge in [-0.05, 0) is 24.6 Å². The van der Waals surface area contributed by atoms with Gasteiger partial charge in [0, 0.05) is 12.7 Å². The fourth-order valence-electron chi connectivity index (χ4n) is 2.87. The van der Waals surface area contributed by atoms with Crippen molar-refractivity contribution in [1.82, 2.24) is 9.55 Å².